The second-order valence-corrected chi connectivity index (χ2v) is 8.29. The normalized spacial score (nSPS) is 11.3. The van der Waals surface area contributed by atoms with Gasteiger partial charge in [0.25, 0.3) is 0 Å². The van der Waals surface area contributed by atoms with Crippen LogP contribution in [0.2, 0.25) is 0 Å². The molecule has 0 radical (unpaired) electrons. The van der Waals surface area contributed by atoms with E-state index < -0.39 is 5.82 Å². The van der Waals surface area contributed by atoms with Crippen molar-refractivity contribution in [3.63, 3.8) is 0 Å². The van der Waals surface area contributed by atoms with Crippen molar-refractivity contribution in [1.82, 2.24) is 15.0 Å². The number of nitrogens with one attached hydrogen (secondary N) is 3. The van der Waals surface area contributed by atoms with E-state index in [1.807, 2.05) is 37.3 Å². The molecule has 2 aromatic heterocycles. The number of benzene rings is 2. The minimum absolute atomic E-state index is 0.107. The van der Waals surface area contributed by atoms with Gasteiger partial charge < -0.3 is 20.8 Å². The Bertz CT molecular complexity index is 1440. The minimum Gasteiger partial charge on any atom is -0.472 e. The van der Waals surface area contributed by atoms with E-state index >= 15 is 0 Å². The predicted octanol–water partition coefficient (Wildman–Crippen LogP) is 6.10. The van der Waals surface area contributed by atoms with Gasteiger partial charge in [0.05, 0.1) is 6.04 Å². The van der Waals surface area contributed by atoms with Crippen LogP contribution in [0.25, 0.3) is 11.3 Å². The molecule has 0 bridgehead atoms. The van der Waals surface area contributed by atoms with E-state index in [1.165, 1.54) is 18.3 Å². The molecule has 0 aliphatic carbocycles. The zero-order chi connectivity index (χ0) is 26.2. The summed E-state index contributed by atoms with van der Waals surface area (Å²) in [6, 6.07) is 21.3. The number of nitrogens with zero attached hydrogens (tertiary/aromatic N) is 4. The van der Waals surface area contributed by atoms with Gasteiger partial charge in [-0.25, -0.2) is 4.39 Å². The van der Waals surface area contributed by atoms with Gasteiger partial charge in [0.1, 0.15) is 24.2 Å². The molecule has 4 aromatic rings. The maximum Gasteiger partial charge on any atom is 0.239 e. The quantitative estimate of drug-likeness (QED) is 0.227. The molecule has 0 saturated carbocycles. The summed E-state index contributed by atoms with van der Waals surface area (Å²) in [4.78, 5) is 13.1. The molecule has 186 valence electrons. The Hall–Kier alpha value is -4.84. The average Bonchev–Trinajstić information content (AvgIpc) is 2.91. The van der Waals surface area contributed by atoms with Crippen LogP contribution in [0, 0.1) is 22.6 Å². The zero-order valence-corrected chi connectivity index (χ0v) is 20.5. The van der Waals surface area contributed by atoms with Crippen LogP contribution >= 0.6 is 0 Å². The van der Waals surface area contributed by atoms with Gasteiger partial charge in [-0.15, -0.1) is 0 Å². The smallest absolute Gasteiger partial charge is 0.239 e. The van der Waals surface area contributed by atoms with Gasteiger partial charge in [-0.1, -0.05) is 49.4 Å². The van der Waals surface area contributed by atoms with E-state index in [-0.39, 0.29) is 41.6 Å². The fourth-order valence-corrected chi connectivity index (χ4v) is 3.68. The Kier molecular flexibility index (Phi) is 8.01. The van der Waals surface area contributed by atoms with Gasteiger partial charge in [0, 0.05) is 23.2 Å². The minimum atomic E-state index is -0.435. The summed E-state index contributed by atoms with van der Waals surface area (Å²) < 4.78 is 20.3. The third-order valence-electron chi connectivity index (χ3n) is 5.60. The second kappa shape index (κ2) is 11.7. The highest BCUT2D eigenvalue weighted by molar-refractivity contribution is 5.86. The van der Waals surface area contributed by atoms with Crippen molar-refractivity contribution in [2.24, 2.45) is 0 Å². The van der Waals surface area contributed by atoms with Crippen molar-refractivity contribution in [2.75, 3.05) is 10.6 Å². The molecule has 0 saturated heterocycles. The van der Waals surface area contributed by atoms with Crippen LogP contribution in [0.3, 0.4) is 0 Å². The summed E-state index contributed by atoms with van der Waals surface area (Å²) >= 11 is 0. The highest BCUT2D eigenvalue weighted by Crippen LogP contribution is 2.30. The molecular formula is C28H26FN7O. The Balaban J connectivity index is 1.71. The topological polar surface area (TPSA) is 120 Å². The molecule has 8 nitrogen and oxygen atoms in total. The number of ether oxygens (including phenoxy) is 1. The van der Waals surface area contributed by atoms with Gasteiger partial charge >= 0.3 is 0 Å². The van der Waals surface area contributed by atoms with E-state index in [4.69, 9.17) is 10.1 Å². The fraction of sp³-hybridized carbons (Fsp3) is 0.179. The van der Waals surface area contributed by atoms with E-state index in [0.29, 0.717) is 23.4 Å². The first-order chi connectivity index (χ1) is 18.0. The van der Waals surface area contributed by atoms with Gasteiger partial charge in [-0.2, -0.15) is 15.2 Å². The van der Waals surface area contributed by atoms with E-state index in [2.05, 4.69) is 31.7 Å². The van der Waals surface area contributed by atoms with E-state index in [0.717, 1.165) is 5.56 Å². The highest BCUT2D eigenvalue weighted by Gasteiger charge is 2.19. The number of hydrogen-bond acceptors (Lipinski definition) is 8. The fourth-order valence-electron chi connectivity index (χ4n) is 3.68. The molecule has 2 heterocycles. The van der Waals surface area contributed by atoms with Crippen LogP contribution in [-0.4, -0.2) is 26.7 Å². The van der Waals surface area contributed by atoms with Crippen molar-refractivity contribution in [2.45, 2.75) is 32.9 Å². The maximum absolute atomic E-state index is 14.3. The summed E-state index contributed by atoms with van der Waals surface area (Å²) in [5, 5.41) is 24.3. The number of aromatic nitrogens is 3. The van der Waals surface area contributed by atoms with Crippen LogP contribution in [0.5, 0.6) is 5.88 Å². The molecular weight excluding hydrogens is 469 g/mol. The monoisotopic (exact) mass is 495 g/mol. The van der Waals surface area contributed by atoms with Crippen LogP contribution in [0.15, 0.2) is 72.9 Å². The molecule has 9 heteroatoms. The molecule has 0 fully saturated rings. The molecule has 1 atom stereocenters. The molecule has 0 aliphatic heterocycles. The Morgan fingerprint density at radius 3 is 2.62 bits per heavy atom. The van der Waals surface area contributed by atoms with Crippen molar-refractivity contribution < 1.29 is 9.13 Å². The number of rotatable bonds is 10. The lowest BCUT2D eigenvalue weighted by Gasteiger charge is -2.18. The van der Waals surface area contributed by atoms with Gasteiger partial charge in [0.15, 0.2) is 11.4 Å². The number of anilines is 3. The molecule has 4 rings (SSSR count). The highest BCUT2D eigenvalue weighted by atomic mass is 19.1. The SMILES string of the molecule is CCC(Nc1nc(Nc2cccc(-c3ncccc3F)c2)c(C#N)c(OCc2ccccc2)n1)C(C)=N. The third-order valence-corrected chi connectivity index (χ3v) is 5.60. The first kappa shape index (κ1) is 25.3. The van der Waals surface area contributed by atoms with Crippen molar-refractivity contribution in [3.8, 4) is 23.2 Å². The van der Waals surface area contributed by atoms with Crippen molar-refractivity contribution >= 4 is 23.2 Å². The average molecular weight is 496 g/mol. The molecule has 2 aromatic carbocycles. The second-order valence-electron chi connectivity index (χ2n) is 8.29. The van der Waals surface area contributed by atoms with Gasteiger partial charge in [-0.3, -0.25) is 4.98 Å². The zero-order valence-electron chi connectivity index (χ0n) is 20.5. The molecule has 1 unspecified atom stereocenters. The Labute approximate surface area is 214 Å². The molecule has 0 amide bonds. The Morgan fingerprint density at radius 2 is 1.92 bits per heavy atom. The first-order valence-corrected chi connectivity index (χ1v) is 11.8. The summed E-state index contributed by atoms with van der Waals surface area (Å²) in [5.74, 6) is 0.111. The summed E-state index contributed by atoms with van der Waals surface area (Å²) in [6.45, 7) is 3.87. The molecule has 0 aliphatic rings. The van der Waals surface area contributed by atoms with Gasteiger partial charge in [-0.05, 0) is 43.2 Å². The Morgan fingerprint density at radius 1 is 1.11 bits per heavy atom. The van der Waals surface area contributed by atoms with E-state index in [9.17, 15) is 9.65 Å². The molecule has 0 spiro atoms. The van der Waals surface area contributed by atoms with E-state index in [1.54, 1.807) is 31.2 Å². The lowest BCUT2D eigenvalue weighted by molar-refractivity contribution is 0.293. The predicted molar refractivity (Wildman–Crippen MR) is 142 cm³/mol. The van der Waals surface area contributed by atoms with Crippen molar-refractivity contribution in [3.05, 3.63) is 89.9 Å². The molecule has 37 heavy (non-hydrogen) atoms. The largest absolute Gasteiger partial charge is 0.472 e. The standard InChI is InChI=1S/C28H26FN7O/c1-3-24(18(2)31)34-28-35-26(22(16-30)27(36-28)37-17-19-9-5-4-6-10-19)33-21-12-7-11-20(15-21)25-23(29)13-8-14-32-25/h4-15,24,31H,3,17H2,1-2H3,(H2,33,34,35,36). The van der Waals surface area contributed by atoms with Gasteiger partial charge in [0.2, 0.25) is 11.8 Å². The van der Waals surface area contributed by atoms with Crippen LogP contribution in [-0.2, 0) is 6.61 Å². The van der Waals surface area contributed by atoms with Crippen LogP contribution < -0.4 is 15.4 Å². The number of halogens is 1. The summed E-state index contributed by atoms with van der Waals surface area (Å²) in [5.41, 5.74) is 2.84. The lowest BCUT2D eigenvalue weighted by Crippen LogP contribution is -2.27. The summed E-state index contributed by atoms with van der Waals surface area (Å²) in [7, 11) is 0. The first-order valence-electron chi connectivity index (χ1n) is 11.8. The maximum atomic E-state index is 14.3. The van der Waals surface area contributed by atoms with Crippen LogP contribution in [0.4, 0.5) is 21.8 Å². The number of hydrogen-bond donors (Lipinski definition) is 3. The van der Waals surface area contributed by atoms with Crippen molar-refractivity contribution in [1.29, 1.82) is 10.7 Å². The van der Waals surface area contributed by atoms with Crippen LogP contribution in [0.1, 0.15) is 31.4 Å². The summed E-state index contributed by atoms with van der Waals surface area (Å²) in [6.07, 6.45) is 2.18. The lowest BCUT2D eigenvalue weighted by atomic mass is 10.1. The number of nitriles is 1. The number of pyridine rings is 1. The molecule has 3 N–H and O–H groups in total. The third kappa shape index (κ3) is 6.24.